The number of amides is 2. The summed E-state index contributed by atoms with van der Waals surface area (Å²) < 4.78 is 0.503. The van der Waals surface area contributed by atoms with Crippen molar-refractivity contribution in [3.05, 3.63) is 21.3 Å². The van der Waals surface area contributed by atoms with Gasteiger partial charge in [-0.15, -0.1) is 11.3 Å². The van der Waals surface area contributed by atoms with Crippen LogP contribution in [-0.2, 0) is 14.4 Å². The standard InChI is InChI=1S/C17H21ClN2O5S/c1-3-4-7-20-14(22)11-12(15(20)23)17(8(2)21,16(24)25)19-13(11)9-5-6-10(18)26-9/h5-6,8,11-13,19,21H,3-4,7H2,1-2H3,(H,24,25). The van der Waals surface area contributed by atoms with Gasteiger partial charge in [-0.2, -0.15) is 0 Å². The van der Waals surface area contributed by atoms with Crippen LogP contribution in [0.15, 0.2) is 12.1 Å². The molecule has 2 amide bonds. The first-order chi connectivity index (χ1) is 12.3. The number of carbonyl (C=O) groups is 3. The molecule has 1 aromatic rings. The Morgan fingerprint density at radius 3 is 2.62 bits per heavy atom. The average molecular weight is 401 g/mol. The average Bonchev–Trinajstić information content (AvgIpc) is 3.21. The van der Waals surface area contributed by atoms with E-state index in [2.05, 4.69) is 5.32 Å². The van der Waals surface area contributed by atoms with Gasteiger partial charge in [-0.3, -0.25) is 24.6 Å². The van der Waals surface area contributed by atoms with E-state index in [4.69, 9.17) is 11.6 Å². The molecule has 2 aliphatic rings. The third-order valence-corrected chi connectivity index (χ3v) is 6.65. The molecule has 3 heterocycles. The fourth-order valence-corrected chi connectivity index (χ4v) is 5.20. The highest BCUT2D eigenvalue weighted by molar-refractivity contribution is 7.16. The molecular weight excluding hydrogens is 380 g/mol. The molecule has 0 bridgehead atoms. The fourth-order valence-electron chi connectivity index (χ4n) is 4.04. The van der Waals surface area contributed by atoms with Gasteiger partial charge in [-0.1, -0.05) is 24.9 Å². The summed E-state index contributed by atoms with van der Waals surface area (Å²) >= 11 is 7.23. The van der Waals surface area contributed by atoms with Crippen LogP contribution in [0.5, 0.6) is 0 Å². The van der Waals surface area contributed by atoms with Gasteiger partial charge in [0.1, 0.15) is 0 Å². The van der Waals surface area contributed by atoms with E-state index in [1.165, 1.54) is 18.3 Å². The van der Waals surface area contributed by atoms with Crippen molar-refractivity contribution in [1.82, 2.24) is 10.2 Å². The quantitative estimate of drug-likeness (QED) is 0.627. The Morgan fingerprint density at radius 1 is 1.42 bits per heavy atom. The van der Waals surface area contributed by atoms with E-state index in [0.29, 0.717) is 15.6 Å². The van der Waals surface area contributed by atoms with Crippen molar-refractivity contribution in [2.75, 3.05) is 6.54 Å². The first-order valence-electron chi connectivity index (χ1n) is 8.55. The topological polar surface area (TPSA) is 107 Å². The second kappa shape index (κ2) is 6.92. The van der Waals surface area contributed by atoms with E-state index in [1.54, 1.807) is 12.1 Å². The molecule has 142 valence electrons. The number of nitrogens with zero attached hydrogens (tertiary/aromatic N) is 1. The van der Waals surface area contributed by atoms with Crippen molar-refractivity contribution in [1.29, 1.82) is 0 Å². The summed E-state index contributed by atoms with van der Waals surface area (Å²) in [6.07, 6.45) is 0.0831. The van der Waals surface area contributed by atoms with Gasteiger partial charge in [0.25, 0.3) is 0 Å². The van der Waals surface area contributed by atoms with E-state index in [1.807, 2.05) is 6.92 Å². The Labute approximate surface area is 159 Å². The van der Waals surface area contributed by atoms with Crippen molar-refractivity contribution < 1.29 is 24.6 Å². The van der Waals surface area contributed by atoms with Crippen molar-refractivity contribution in [2.45, 2.75) is 44.4 Å². The van der Waals surface area contributed by atoms with Crippen LogP contribution in [0.3, 0.4) is 0 Å². The van der Waals surface area contributed by atoms with Gasteiger partial charge in [0, 0.05) is 11.4 Å². The summed E-state index contributed by atoms with van der Waals surface area (Å²) in [6.45, 7) is 3.53. The summed E-state index contributed by atoms with van der Waals surface area (Å²) in [5.74, 6) is -4.30. The predicted molar refractivity (Wildman–Crippen MR) is 95.9 cm³/mol. The van der Waals surface area contributed by atoms with E-state index >= 15 is 0 Å². The number of carbonyl (C=O) groups excluding carboxylic acids is 2. The number of likely N-dealkylation sites (tertiary alicyclic amines) is 1. The van der Waals surface area contributed by atoms with Crippen molar-refractivity contribution in [3.63, 3.8) is 0 Å². The number of carboxylic acid groups (broad SMARTS) is 1. The lowest BCUT2D eigenvalue weighted by atomic mass is 9.77. The Kier molecular flexibility index (Phi) is 5.13. The van der Waals surface area contributed by atoms with Gasteiger partial charge in [0.05, 0.1) is 28.3 Å². The van der Waals surface area contributed by atoms with Crippen LogP contribution in [0.1, 0.15) is 37.6 Å². The normalized spacial score (nSPS) is 32.2. The minimum atomic E-state index is -1.92. The molecule has 2 aliphatic heterocycles. The molecule has 0 saturated carbocycles. The van der Waals surface area contributed by atoms with Crippen LogP contribution in [0.2, 0.25) is 4.34 Å². The first kappa shape index (κ1) is 19.3. The number of aliphatic hydroxyl groups excluding tert-OH is 1. The van der Waals surface area contributed by atoms with Crippen LogP contribution in [0, 0.1) is 11.8 Å². The number of rotatable bonds is 6. The molecular formula is C17H21ClN2O5S. The molecule has 7 nitrogen and oxygen atoms in total. The van der Waals surface area contributed by atoms with Gasteiger partial charge in [0.15, 0.2) is 5.54 Å². The maximum Gasteiger partial charge on any atom is 0.327 e. The lowest BCUT2D eigenvalue weighted by molar-refractivity contribution is -0.156. The van der Waals surface area contributed by atoms with E-state index in [9.17, 15) is 24.6 Å². The smallest absolute Gasteiger partial charge is 0.327 e. The van der Waals surface area contributed by atoms with Crippen LogP contribution in [-0.4, -0.2) is 51.1 Å². The minimum Gasteiger partial charge on any atom is -0.480 e. The van der Waals surface area contributed by atoms with E-state index < -0.39 is 41.4 Å². The Morgan fingerprint density at radius 2 is 2.12 bits per heavy atom. The summed E-state index contributed by atoms with van der Waals surface area (Å²) in [5, 5.41) is 23.1. The molecule has 5 atom stereocenters. The zero-order valence-electron chi connectivity index (χ0n) is 14.4. The highest BCUT2D eigenvalue weighted by Gasteiger charge is 2.70. The zero-order chi connectivity index (χ0) is 19.2. The SMILES string of the molecule is CCCCN1C(=O)C2C(c3ccc(Cl)s3)NC(C(=O)O)(C(C)O)C2C1=O. The van der Waals surface area contributed by atoms with Gasteiger partial charge < -0.3 is 10.2 Å². The monoisotopic (exact) mass is 400 g/mol. The number of unbranched alkanes of at least 4 members (excludes halogenated alkanes) is 1. The number of imide groups is 1. The molecule has 26 heavy (non-hydrogen) atoms. The third kappa shape index (κ3) is 2.67. The van der Waals surface area contributed by atoms with Crippen LogP contribution < -0.4 is 5.32 Å². The second-order valence-corrected chi connectivity index (χ2v) is 8.55. The molecule has 5 unspecified atom stereocenters. The lowest BCUT2D eigenvalue weighted by Crippen LogP contribution is -2.62. The van der Waals surface area contributed by atoms with Crippen LogP contribution in [0.4, 0.5) is 0 Å². The van der Waals surface area contributed by atoms with Gasteiger partial charge >= 0.3 is 5.97 Å². The molecule has 0 spiro atoms. The summed E-state index contributed by atoms with van der Waals surface area (Å²) in [4.78, 5) is 39.9. The number of hydrogen-bond acceptors (Lipinski definition) is 6. The molecule has 1 aromatic heterocycles. The number of thiophene rings is 1. The number of aliphatic carboxylic acids is 1. The molecule has 9 heteroatoms. The van der Waals surface area contributed by atoms with Crippen molar-refractivity contribution >= 4 is 40.7 Å². The molecule has 2 fully saturated rings. The minimum absolute atomic E-state index is 0.259. The van der Waals surface area contributed by atoms with Crippen LogP contribution >= 0.6 is 22.9 Å². The Balaban J connectivity index is 2.10. The molecule has 3 N–H and O–H groups in total. The first-order valence-corrected chi connectivity index (χ1v) is 9.74. The molecule has 0 radical (unpaired) electrons. The fraction of sp³-hybridized carbons (Fsp3) is 0.588. The molecule has 0 aromatic carbocycles. The highest BCUT2D eigenvalue weighted by atomic mass is 35.5. The van der Waals surface area contributed by atoms with Gasteiger partial charge in [-0.25, -0.2) is 0 Å². The maximum absolute atomic E-state index is 13.0. The summed E-state index contributed by atoms with van der Waals surface area (Å²) in [7, 11) is 0. The molecule has 0 aliphatic carbocycles. The van der Waals surface area contributed by atoms with Crippen molar-refractivity contribution in [3.8, 4) is 0 Å². The number of nitrogens with one attached hydrogen (secondary N) is 1. The van der Waals surface area contributed by atoms with Gasteiger partial charge in [0.2, 0.25) is 11.8 Å². The largest absolute Gasteiger partial charge is 0.480 e. The van der Waals surface area contributed by atoms with E-state index in [-0.39, 0.29) is 12.5 Å². The molecule has 2 saturated heterocycles. The Bertz CT molecular complexity index is 751. The maximum atomic E-state index is 13.0. The summed E-state index contributed by atoms with van der Waals surface area (Å²) in [5.41, 5.74) is -1.92. The number of halogens is 1. The number of aliphatic hydroxyl groups is 1. The van der Waals surface area contributed by atoms with Crippen molar-refractivity contribution in [2.24, 2.45) is 11.8 Å². The lowest BCUT2D eigenvalue weighted by Gasteiger charge is -2.33. The number of carboxylic acids is 1. The van der Waals surface area contributed by atoms with E-state index in [0.717, 1.165) is 11.3 Å². The molecule has 3 rings (SSSR count). The highest BCUT2D eigenvalue weighted by Crippen LogP contribution is 2.51. The number of hydrogen-bond donors (Lipinski definition) is 3. The van der Waals surface area contributed by atoms with Gasteiger partial charge in [-0.05, 0) is 25.5 Å². The number of fused-ring (bicyclic) bond motifs is 1. The third-order valence-electron chi connectivity index (χ3n) is 5.34. The zero-order valence-corrected chi connectivity index (χ0v) is 16.0. The Hall–Kier alpha value is -1.48. The predicted octanol–water partition coefficient (Wildman–Crippen LogP) is 1.65. The summed E-state index contributed by atoms with van der Waals surface area (Å²) in [6, 6.07) is 2.69. The van der Waals surface area contributed by atoms with Crippen LogP contribution in [0.25, 0.3) is 0 Å². The second-order valence-electron chi connectivity index (χ2n) is 6.80.